The molecule has 2 N–H and O–H groups in total. The van der Waals surface area contributed by atoms with Crippen LogP contribution in [0.4, 0.5) is 0 Å². The van der Waals surface area contributed by atoms with Crippen LogP contribution < -0.4 is 4.74 Å². The summed E-state index contributed by atoms with van der Waals surface area (Å²) >= 11 is 0. The van der Waals surface area contributed by atoms with Crippen molar-refractivity contribution >= 4 is 16.9 Å². The highest BCUT2D eigenvalue weighted by Gasteiger charge is 2.19. The minimum atomic E-state index is 0.595. The molecule has 3 heterocycles. The summed E-state index contributed by atoms with van der Waals surface area (Å²) in [5, 5.41) is 9.83. The van der Waals surface area contributed by atoms with Crippen LogP contribution in [-0.2, 0) is 0 Å². The van der Waals surface area contributed by atoms with Gasteiger partial charge in [0, 0.05) is 66.2 Å². The van der Waals surface area contributed by atoms with Gasteiger partial charge in [-0.05, 0) is 30.3 Å². The van der Waals surface area contributed by atoms with Gasteiger partial charge in [0.2, 0.25) is 0 Å². The van der Waals surface area contributed by atoms with E-state index in [1.807, 2.05) is 42.7 Å². The van der Waals surface area contributed by atoms with Gasteiger partial charge in [0.25, 0.3) is 0 Å². The number of amidine groups is 1. The lowest BCUT2D eigenvalue weighted by molar-refractivity contribution is 0.189. The molecule has 1 saturated heterocycles. The molecule has 4 aromatic rings. The Bertz CT molecular complexity index is 1290. The predicted octanol–water partition coefficient (Wildman–Crippen LogP) is 4.87. The first kappa shape index (κ1) is 21.2. The number of hydrogen-bond acceptors (Lipinski definition) is 4. The predicted molar refractivity (Wildman–Crippen MR) is 134 cm³/mol. The monoisotopic (exact) mass is 439 g/mol. The minimum absolute atomic E-state index is 0.595. The Morgan fingerprint density at radius 3 is 2.61 bits per heavy atom. The first-order valence-electron chi connectivity index (χ1n) is 11.4. The second kappa shape index (κ2) is 9.08. The smallest absolute Gasteiger partial charge is 0.137 e. The number of nitrogens with one attached hydrogen (secondary N) is 2. The fraction of sp³-hybridized carbons (Fsp3) is 0.259. The van der Waals surface area contributed by atoms with E-state index in [9.17, 15) is 0 Å². The molecule has 168 valence electrons. The van der Waals surface area contributed by atoms with Crippen molar-refractivity contribution < 1.29 is 4.74 Å². The first-order chi connectivity index (χ1) is 16.2. The largest absolute Gasteiger partial charge is 0.496 e. The van der Waals surface area contributed by atoms with Gasteiger partial charge in [0.1, 0.15) is 17.2 Å². The zero-order chi connectivity index (χ0) is 22.8. The summed E-state index contributed by atoms with van der Waals surface area (Å²) in [6.45, 7) is 7.09. The fourth-order valence-electron chi connectivity index (χ4n) is 4.57. The summed E-state index contributed by atoms with van der Waals surface area (Å²) in [5.41, 5.74) is 5.98. The zero-order valence-electron chi connectivity index (χ0n) is 19.1. The topological polar surface area (TPSA) is 68.2 Å². The first-order valence-corrected chi connectivity index (χ1v) is 11.4. The number of para-hydroxylation sites is 1. The summed E-state index contributed by atoms with van der Waals surface area (Å²) in [7, 11) is 1.69. The third-order valence-electron chi connectivity index (χ3n) is 6.53. The van der Waals surface area contributed by atoms with E-state index in [1.165, 1.54) is 0 Å². The number of H-pyrrole nitrogens is 1. The lowest BCUT2D eigenvalue weighted by Gasteiger charge is -2.35. The third kappa shape index (κ3) is 4.10. The Kier molecular flexibility index (Phi) is 5.84. The molecule has 1 aliphatic rings. The molecule has 0 radical (unpaired) electrons. The molecule has 1 fully saturated rings. The molecule has 2 aromatic heterocycles. The highest BCUT2D eigenvalue weighted by Crippen LogP contribution is 2.36. The van der Waals surface area contributed by atoms with Crippen LogP contribution in [-0.4, -0.2) is 65.4 Å². The van der Waals surface area contributed by atoms with Crippen LogP contribution in [0.5, 0.6) is 5.75 Å². The van der Waals surface area contributed by atoms with Crippen LogP contribution in [0.3, 0.4) is 0 Å². The maximum atomic E-state index is 8.78. The number of fused-ring (bicyclic) bond motifs is 1. The molecule has 0 saturated carbocycles. The molecule has 0 unspecified atom stereocenters. The van der Waals surface area contributed by atoms with Gasteiger partial charge in [-0.3, -0.25) is 5.41 Å². The van der Waals surface area contributed by atoms with Crippen molar-refractivity contribution in [1.82, 2.24) is 19.8 Å². The molecule has 2 aromatic carbocycles. The van der Waals surface area contributed by atoms with E-state index >= 15 is 0 Å². The maximum absolute atomic E-state index is 8.78. The minimum Gasteiger partial charge on any atom is -0.496 e. The molecule has 0 amide bonds. The van der Waals surface area contributed by atoms with E-state index < -0.39 is 0 Å². The van der Waals surface area contributed by atoms with Gasteiger partial charge in [-0.1, -0.05) is 43.3 Å². The third-order valence-corrected chi connectivity index (χ3v) is 6.53. The molecular weight excluding hydrogens is 410 g/mol. The number of hydrogen-bond donors (Lipinski definition) is 2. The van der Waals surface area contributed by atoms with Crippen LogP contribution >= 0.6 is 0 Å². The summed E-state index contributed by atoms with van der Waals surface area (Å²) in [6.07, 6.45) is 3.88. The van der Waals surface area contributed by atoms with Crippen molar-refractivity contribution in [1.29, 1.82) is 5.41 Å². The standard InChI is InChI=1S/C27H29N5O/c1-3-31-11-13-32(14-12-31)26(28)20-8-6-7-19(15-20)21-16-23-24(18-30-27(23)29-17-21)22-9-4-5-10-25(22)33-2/h4-10,15-18,28H,3,11-14H2,1-2H3,(H,29,30). The highest BCUT2D eigenvalue weighted by atomic mass is 16.5. The van der Waals surface area contributed by atoms with Crippen molar-refractivity contribution in [3.8, 4) is 28.0 Å². The fourth-order valence-corrected chi connectivity index (χ4v) is 4.57. The Labute approximate surface area is 194 Å². The van der Waals surface area contributed by atoms with Gasteiger partial charge in [0.05, 0.1) is 7.11 Å². The van der Waals surface area contributed by atoms with E-state index in [4.69, 9.17) is 10.1 Å². The lowest BCUT2D eigenvalue weighted by Crippen LogP contribution is -2.48. The second-order valence-corrected chi connectivity index (χ2v) is 8.37. The number of aromatic amines is 1. The lowest BCUT2D eigenvalue weighted by atomic mass is 10.00. The average Bonchev–Trinajstić information content (AvgIpc) is 3.31. The van der Waals surface area contributed by atoms with Crippen molar-refractivity contribution in [2.75, 3.05) is 39.8 Å². The van der Waals surface area contributed by atoms with Gasteiger partial charge in [-0.25, -0.2) is 4.98 Å². The highest BCUT2D eigenvalue weighted by molar-refractivity contribution is 5.99. The number of benzene rings is 2. The number of rotatable bonds is 5. The molecule has 0 atom stereocenters. The van der Waals surface area contributed by atoms with E-state index in [2.05, 4.69) is 51.0 Å². The summed E-state index contributed by atoms with van der Waals surface area (Å²) in [5.74, 6) is 1.43. The summed E-state index contributed by atoms with van der Waals surface area (Å²) in [4.78, 5) is 12.6. The van der Waals surface area contributed by atoms with Gasteiger partial charge >= 0.3 is 0 Å². The van der Waals surface area contributed by atoms with Gasteiger partial charge in [0.15, 0.2) is 0 Å². The molecule has 0 spiro atoms. The van der Waals surface area contributed by atoms with Gasteiger partial charge in [-0.15, -0.1) is 0 Å². The van der Waals surface area contributed by atoms with Crippen LogP contribution in [0.2, 0.25) is 0 Å². The number of likely N-dealkylation sites (N-methyl/N-ethyl adjacent to an activating group) is 1. The SMILES string of the molecule is CCN1CCN(C(=N)c2cccc(-c3cnc4[nH]cc(-c5ccccc5OC)c4c3)c2)CC1. The maximum Gasteiger partial charge on any atom is 0.137 e. The molecule has 0 aliphatic carbocycles. The van der Waals surface area contributed by atoms with Crippen LogP contribution in [0, 0.1) is 5.41 Å². The Balaban J connectivity index is 1.47. The van der Waals surface area contributed by atoms with Crippen molar-refractivity contribution in [3.63, 3.8) is 0 Å². The molecule has 1 aliphatic heterocycles. The molecule has 0 bridgehead atoms. The summed E-state index contributed by atoms with van der Waals surface area (Å²) < 4.78 is 5.58. The van der Waals surface area contributed by atoms with Crippen molar-refractivity contribution in [2.24, 2.45) is 0 Å². The van der Waals surface area contributed by atoms with Gasteiger partial charge in [-0.2, -0.15) is 0 Å². The average molecular weight is 440 g/mol. The molecule has 5 rings (SSSR count). The normalized spacial score (nSPS) is 14.5. The Morgan fingerprint density at radius 2 is 1.82 bits per heavy atom. The van der Waals surface area contributed by atoms with Crippen LogP contribution in [0.15, 0.2) is 67.0 Å². The quantitative estimate of drug-likeness (QED) is 0.344. The molecule has 6 heteroatoms. The number of aromatic nitrogens is 2. The van der Waals surface area contributed by atoms with Crippen LogP contribution in [0.1, 0.15) is 12.5 Å². The number of ether oxygens (including phenoxy) is 1. The van der Waals surface area contributed by atoms with E-state index in [1.54, 1.807) is 7.11 Å². The van der Waals surface area contributed by atoms with E-state index in [-0.39, 0.29) is 0 Å². The zero-order valence-corrected chi connectivity index (χ0v) is 19.1. The van der Waals surface area contributed by atoms with E-state index in [0.29, 0.717) is 5.84 Å². The number of methoxy groups -OCH3 is 1. The molecule has 33 heavy (non-hydrogen) atoms. The second-order valence-electron chi connectivity index (χ2n) is 8.37. The van der Waals surface area contributed by atoms with Crippen LogP contribution in [0.25, 0.3) is 33.3 Å². The Hall–Kier alpha value is -3.64. The number of nitrogens with zero attached hydrogens (tertiary/aromatic N) is 3. The summed E-state index contributed by atoms with van der Waals surface area (Å²) in [6, 6.07) is 18.5. The molecule has 6 nitrogen and oxygen atoms in total. The Morgan fingerprint density at radius 1 is 1.00 bits per heavy atom. The van der Waals surface area contributed by atoms with Gasteiger partial charge < -0.3 is 19.5 Å². The van der Waals surface area contributed by atoms with Crippen molar-refractivity contribution in [3.05, 3.63) is 72.6 Å². The van der Waals surface area contributed by atoms with Crippen molar-refractivity contribution in [2.45, 2.75) is 6.92 Å². The molecular formula is C27H29N5O. The number of pyridine rings is 1. The van der Waals surface area contributed by atoms with E-state index in [0.717, 1.165) is 77.3 Å². The number of piperazine rings is 1.